The number of rotatable bonds is 4. The summed E-state index contributed by atoms with van der Waals surface area (Å²) in [5, 5.41) is 2.86. The Balaban J connectivity index is 1.55. The van der Waals surface area contributed by atoms with Gasteiger partial charge in [0.25, 0.3) is 5.91 Å². The van der Waals surface area contributed by atoms with Crippen LogP contribution in [0.2, 0.25) is 0 Å². The van der Waals surface area contributed by atoms with Crippen molar-refractivity contribution in [3.05, 3.63) is 78.4 Å². The number of imidazole rings is 2. The number of carbonyl (C=O) groups is 1. The fourth-order valence-electron chi connectivity index (χ4n) is 2.59. The first-order valence-electron chi connectivity index (χ1n) is 7.59. The van der Waals surface area contributed by atoms with Crippen molar-refractivity contribution in [2.45, 2.75) is 6.54 Å². The van der Waals surface area contributed by atoms with Crippen molar-refractivity contribution >= 4 is 22.9 Å². The maximum atomic E-state index is 12.5. The second-order valence-electron chi connectivity index (χ2n) is 5.45. The molecule has 0 aliphatic heterocycles. The van der Waals surface area contributed by atoms with Crippen LogP contribution in [0.1, 0.15) is 15.9 Å². The van der Waals surface area contributed by atoms with Gasteiger partial charge in [0.15, 0.2) is 0 Å². The third kappa shape index (κ3) is 2.77. The first kappa shape index (κ1) is 14.2. The van der Waals surface area contributed by atoms with E-state index in [1.54, 1.807) is 24.7 Å². The quantitative estimate of drug-likeness (QED) is 0.607. The summed E-state index contributed by atoms with van der Waals surface area (Å²) in [7, 11) is 0. The van der Waals surface area contributed by atoms with Crippen molar-refractivity contribution in [2.75, 3.05) is 5.32 Å². The molecule has 0 saturated heterocycles. The van der Waals surface area contributed by atoms with Crippen LogP contribution in [0.5, 0.6) is 0 Å². The Kier molecular flexibility index (Phi) is 3.55. The van der Waals surface area contributed by atoms with Crippen molar-refractivity contribution in [1.82, 2.24) is 19.5 Å². The van der Waals surface area contributed by atoms with Gasteiger partial charge in [-0.2, -0.15) is 0 Å². The summed E-state index contributed by atoms with van der Waals surface area (Å²) < 4.78 is 1.90. The molecule has 2 N–H and O–H groups in total. The van der Waals surface area contributed by atoms with E-state index in [2.05, 4.69) is 20.3 Å². The molecule has 1 amide bonds. The minimum atomic E-state index is -0.202. The lowest BCUT2D eigenvalue weighted by Crippen LogP contribution is -2.16. The average molecular weight is 317 g/mol. The third-order valence-electron chi connectivity index (χ3n) is 3.82. The van der Waals surface area contributed by atoms with Crippen LogP contribution in [0.25, 0.3) is 11.0 Å². The van der Waals surface area contributed by atoms with E-state index in [9.17, 15) is 4.79 Å². The van der Waals surface area contributed by atoms with Crippen molar-refractivity contribution in [2.24, 2.45) is 0 Å². The number of H-pyrrole nitrogens is 1. The molecule has 4 rings (SSSR count). The van der Waals surface area contributed by atoms with Gasteiger partial charge < -0.3 is 9.55 Å². The van der Waals surface area contributed by atoms with Gasteiger partial charge in [-0.1, -0.05) is 30.3 Å². The summed E-state index contributed by atoms with van der Waals surface area (Å²) in [4.78, 5) is 23.9. The molecule has 6 heteroatoms. The second-order valence-corrected chi connectivity index (χ2v) is 5.45. The molecule has 0 saturated carbocycles. The lowest BCUT2D eigenvalue weighted by molar-refractivity contribution is 0.102. The molecule has 4 aromatic rings. The van der Waals surface area contributed by atoms with Gasteiger partial charge in [-0.15, -0.1) is 0 Å². The summed E-state index contributed by atoms with van der Waals surface area (Å²) in [6, 6.07) is 15.4. The molecule has 0 aliphatic carbocycles. The van der Waals surface area contributed by atoms with Crippen molar-refractivity contribution in [3.63, 3.8) is 0 Å². The lowest BCUT2D eigenvalue weighted by atomic mass is 10.2. The summed E-state index contributed by atoms with van der Waals surface area (Å²) in [6.45, 7) is 0.649. The number of aromatic nitrogens is 4. The minimum Gasteiger partial charge on any atom is -0.345 e. The fraction of sp³-hybridized carbons (Fsp3) is 0.0556. The smallest absolute Gasteiger partial charge is 0.258 e. The SMILES string of the molecule is O=C(Nc1nccn1Cc1ccccc1)c1ccc2nc[nH]c2c1. The summed E-state index contributed by atoms with van der Waals surface area (Å²) >= 11 is 0. The standard InChI is InChI=1S/C18H15N5O/c24-17(14-6-7-15-16(10-14)21-12-20-15)22-18-19-8-9-23(18)11-13-4-2-1-3-5-13/h1-10,12H,11H2,(H,20,21)(H,19,22,24). The van der Waals surface area contributed by atoms with Crippen LogP contribution in [0.4, 0.5) is 5.95 Å². The molecule has 2 heterocycles. The van der Waals surface area contributed by atoms with Gasteiger partial charge in [0.2, 0.25) is 5.95 Å². The van der Waals surface area contributed by atoms with E-state index < -0.39 is 0 Å². The van der Waals surface area contributed by atoms with Crippen LogP contribution >= 0.6 is 0 Å². The van der Waals surface area contributed by atoms with Gasteiger partial charge in [0.05, 0.1) is 23.9 Å². The zero-order valence-electron chi connectivity index (χ0n) is 12.8. The van der Waals surface area contributed by atoms with E-state index in [4.69, 9.17) is 0 Å². The average Bonchev–Trinajstić information content (AvgIpc) is 3.24. The summed E-state index contributed by atoms with van der Waals surface area (Å²) in [5.74, 6) is 0.320. The Morgan fingerprint density at radius 1 is 1.12 bits per heavy atom. The molecule has 0 fully saturated rings. The maximum Gasteiger partial charge on any atom is 0.258 e. The normalized spacial score (nSPS) is 10.8. The lowest BCUT2D eigenvalue weighted by Gasteiger charge is -2.09. The molecule has 0 spiro atoms. The van der Waals surface area contributed by atoms with Gasteiger partial charge in [-0.25, -0.2) is 9.97 Å². The Labute approximate surface area is 138 Å². The molecule has 0 unspecified atom stereocenters. The number of fused-ring (bicyclic) bond motifs is 1. The van der Waals surface area contributed by atoms with Crippen molar-refractivity contribution in [1.29, 1.82) is 0 Å². The monoisotopic (exact) mass is 317 g/mol. The highest BCUT2D eigenvalue weighted by atomic mass is 16.1. The number of anilines is 1. The Hall–Kier alpha value is -3.41. The molecule has 118 valence electrons. The number of nitrogens with one attached hydrogen (secondary N) is 2. The van der Waals surface area contributed by atoms with E-state index in [0.29, 0.717) is 18.1 Å². The molecule has 2 aromatic heterocycles. The van der Waals surface area contributed by atoms with Gasteiger partial charge >= 0.3 is 0 Å². The number of benzene rings is 2. The zero-order chi connectivity index (χ0) is 16.4. The largest absolute Gasteiger partial charge is 0.345 e. The number of aromatic amines is 1. The topological polar surface area (TPSA) is 75.6 Å². The van der Waals surface area contributed by atoms with E-state index in [-0.39, 0.29) is 5.91 Å². The molecule has 0 bridgehead atoms. The third-order valence-corrected chi connectivity index (χ3v) is 3.82. The number of carbonyl (C=O) groups excluding carboxylic acids is 1. The highest BCUT2D eigenvalue weighted by Crippen LogP contribution is 2.14. The maximum absolute atomic E-state index is 12.5. The van der Waals surface area contributed by atoms with E-state index in [0.717, 1.165) is 16.6 Å². The van der Waals surface area contributed by atoms with Crippen LogP contribution < -0.4 is 5.32 Å². The number of hydrogen-bond acceptors (Lipinski definition) is 3. The zero-order valence-corrected chi connectivity index (χ0v) is 12.8. The first-order valence-corrected chi connectivity index (χ1v) is 7.59. The van der Waals surface area contributed by atoms with Crippen LogP contribution in [0, 0.1) is 0 Å². The van der Waals surface area contributed by atoms with Gasteiger partial charge in [-0.05, 0) is 23.8 Å². The summed E-state index contributed by atoms with van der Waals surface area (Å²) in [5.41, 5.74) is 3.36. The molecule has 2 aromatic carbocycles. The molecule has 0 aliphatic rings. The summed E-state index contributed by atoms with van der Waals surface area (Å²) in [6.07, 6.45) is 5.14. The number of amides is 1. The van der Waals surface area contributed by atoms with Crippen LogP contribution in [-0.2, 0) is 6.54 Å². The molecule has 24 heavy (non-hydrogen) atoms. The minimum absolute atomic E-state index is 0.202. The van der Waals surface area contributed by atoms with E-state index in [1.807, 2.05) is 47.2 Å². The number of hydrogen-bond donors (Lipinski definition) is 2. The predicted molar refractivity (Wildman–Crippen MR) is 91.8 cm³/mol. The molecule has 0 atom stereocenters. The van der Waals surface area contributed by atoms with Crippen LogP contribution in [0.15, 0.2) is 67.3 Å². The van der Waals surface area contributed by atoms with Crippen molar-refractivity contribution < 1.29 is 4.79 Å². The molecule has 6 nitrogen and oxygen atoms in total. The van der Waals surface area contributed by atoms with Gasteiger partial charge in [0.1, 0.15) is 0 Å². The van der Waals surface area contributed by atoms with Crippen LogP contribution in [-0.4, -0.2) is 25.4 Å². The Bertz CT molecular complexity index is 987. The highest BCUT2D eigenvalue weighted by Gasteiger charge is 2.11. The Morgan fingerprint density at radius 2 is 2.00 bits per heavy atom. The van der Waals surface area contributed by atoms with Crippen molar-refractivity contribution in [3.8, 4) is 0 Å². The highest BCUT2D eigenvalue weighted by molar-refractivity contribution is 6.05. The van der Waals surface area contributed by atoms with E-state index >= 15 is 0 Å². The molecular formula is C18H15N5O. The molecule has 0 radical (unpaired) electrons. The van der Waals surface area contributed by atoms with Crippen LogP contribution in [0.3, 0.4) is 0 Å². The van der Waals surface area contributed by atoms with Gasteiger partial charge in [0, 0.05) is 18.0 Å². The number of nitrogens with zero attached hydrogens (tertiary/aromatic N) is 3. The van der Waals surface area contributed by atoms with E-state index in [1.165, 1.54) is 0 Å². The predicted octanol–water partition coefficient (Wildman–Crippen LogP) is 3.06. The second kappa shape index (κ2) is 6.00. The Morgan fingerprint density at radius 3 is 2.88 bits per heavy atom. The molecular weight excluding hydrogens is 302 g/mol. The fourth-order valence-corrected chi connectivity index (χ4v) is 2.59. The van der Waals surface area contributed by atoms with Gasteiger partial charge in [-0.3, -0.25) is 10.1 Å². The first-order chi connectivity index (χ1) is 11.8.